The number of carbonyl (C=O) groups excluding carboxylic acids is 1. The summed E-state index contributed by atoms with van der Waals surface area (Å²) < 4.78 is 13.5. The molecule has 118 valence electrons. The van der Waals surface area contributed by atoms with Crippen molar-refractivity contribution in [3.05, 3.63) is 16.8 Å². The summed E-state index contributed by atoms with van der Waals surface area (Å²) in [7, 11) is 3.20. The summed E-state index contributed by atoms with van der Waals surface area (Å²) in [4.78, 5) is 25.8. The third-order valence-corrected chi connectivity index (χ3v) is 3.36. The standard InChI is InChI=1S/C13H22N4O4/c1-13(2)8-16(5-10(21-13)7-20-4)11(18)6-17-12(19)15(3)9-14-17/h9-10H,5-8H2,1-4H3. The number of ether oxygens (including phenoxy) is 2. The van der Waals surface area contributed by atoms with Crippen LogP contribution in [0.4, 0.5) is 0 Å². The van der Waals surface area contributed by atoms with Crippen LogP contribution in [0.2, 0.25) is 0 Å². The monoisotopic (exact) mass is 298 g/mol. The summed E-state index contributed by atoms with van der Waals surface area (Å²) in [6.07, 6.45) is 1.23. The lowest BCUT2D eigenvalue weighted by atomic mass is 10.1. The van der Waals surface area contributed by atoms with Crippen LogP contribution in [0.25, 0.3) is 0 Å². The summed E-state index contributed by atoms with van der Waals surface area (Å²) in [6.45, 7) is 5.17. The highest BCUT2D eigenvalue weighted by Gasteiger charge is 2.35. The van der Waals surface area contributed by atoms with Crippen LogP contribution in [0.1, 0.15) is 13.8 Å². The number of amides is 1. The zero-order valence-electron chi connectivity index (χ0n) is 12.9. The van der Waals surface area contributed by atoms with E-state index in [1.54, 1.807) is 19.1 Å². The average Bonchev–Trinajstić information content (AvgIpc) is 2.69. The molecule has 2 heterocycles. The average molecular weight is 298 g/mol. The molecule has 1 aromatic heterocycles. The van der Waals surface area contributed by atoms with E-state index in [1.165, 1.54) is 10.9 Å². The molecule has 1 saturated heterocycles. The van der Waals surface area contributed by atoms with Crippen molar-refractivity contribution in [1.82, 2.24) is 19.2 Å². The lowest BCUT2D eigenvalue weighted by Gasteiger charge is -2.42. The second kappa shape index (κ2) is 5.98. The smallest absolute Gasteiger partial charge is 0.345 e. The molecule has 1 atom stereocenters. The first-order valence-corrected chi connectivity index (χ1v) is 6.85. The molecule has 1 fully saturated rings. The van der Waals surface area contributed by atoms with E-state index in [1.807, 2.05) is 13.8 Å². The van der Waals surface area contributed by atoms with Gasteiger partial charge < -0.3 is 14.4 Å². The van der Waals surface area contributed by atoms with Crippen LogP contribution in [0.5, 0.6) is 0 Å². The lowest BCUT2D eigenvalue weighted by molar-refractivity contribution is -0.169. The van der Waals surface area contributed by atoms with Crippen molar-refractivity contribution in [2.75, 3.05) is 26.8 Å². The molecule has 0 bridgehead atoms. The van der Waals surface area contributed by atoms with Gasteiger partial charge in [-0.2, -0.15) is 5.10 Å². The predicted molar refractivity (Wildman–Crippen MR) is 74.9 cm³/mol. The van der Waals surface area contributed by atoms with Gasteiger partial charge in [0.1, 0.15) is 12.9 Å². The van der Waals surface area contributed by atoms with E-state index >= 15 is 0 Å². The minimum absolute atomic E-state index is 0.0601. The molecule has 2 rings (SSSR count). The van der Waals surface area contributed by atoms with Gasteiger partial charge in [0, 0.05) is 27.2 Å². The summed E-state index contributed by atoms with van der Waals surface area (Å²) in [5, 5.41) is 3.91. The molecule has 1 aromatic rings. The second-order valence-corrected chi connectivity index (χ2v) is 5.91. The first kappa shape index (κ1) is 15.7. The fraction of sp³-hybridized carbons (Fsp3) is 0.769. The Bertz CT molecular complexity index is 563. The third-order valence-electron chi connectivity index (χ3n) is 3.36. The molecule has 1 unspecified atom stereocenters. The molecule has 0 aromatic carbocycles. The molecule has 0 saturated carbocycles. The van der Waals surface area contributed by atoms with Gasteiger partial charge in [-0.1, -0.05) is 0 Å². The Kier molecular flexibility index (Phi) is 4.48. The molecule has 0 spiro atoms. The summed E-state index contributed by atoms with van der Waals surface area (Å²) in [5.74, 6) is -0.145. The highest BCUT2D eigenvalue weighted by atomic mass is 16.5. The largest absolute Gasteiger partial charge is 0.382 e. The van der Waals surface area contributed by atoms with Gasteiger partial charge in [0.25, 0.3) is 0 Å². The Morgan fingerprint density at radius 2 is 2.29 bits per heavy atom. The number of aryl methyl sites for hydroxylation is 1. The second-order valence-electron chi connectivity index (χ2n) is 5.91. The van der Waals surface area contributed by atoms with Crippen molar-refractivity contribution < 1.29 is 14.3 Å². The summed E-state index contributed by atoms with van der Waals surface area (Å²) in [5.41, 5.74) is -0.740. The van der Waals surface area contributed by atoms with Crippen molar-refractivity contribution in [3.63, 3.8) is 0 Å². The number of hydrogen-bond donors (Lipinski definition) is 0. The molecule has 0 N–H and O–H groups in total. The Balaban J connectivity index is 2.07. The van der Waals surface area contributed by atoms with Crippen LogP contribution in [-0.2, 0) is 27.9 Å². The minimum atomic E-state index is -0.438. The van der Waals surface area contributed by atoms with E-state index in [2.05, 4.69) is 5.10 Å². The first-order chi connectivity index (χ1) is 9.82. The number of methoxy groups -OCH3 is 1. The predicted octanol–water partition coefficient (Wildman–Crippen LogP) is -0.766. The highest BCUT2D eigenvalue weighted by Crippen LogP contribution is 2.21. The van der Waals surface area contributed by atoms with Crippen LogP contribution in [0.3, 0.4) is 0 Å². The van der Waals surface area contributed by atoms with Gasteiger partial charge in [-0.25, -0.2) is 9.48 Å². The topological polar surface area (TPSA) is 78.6 Å². The SMILES string of the molecule is COCC1CN(C(=O)Cn2ncn(C)c2=O)CC(C)(C)O1. The van der Waals surface area contributed by atoms with E-state index in [-0.39, 0.29) is 24.2 Å². The Labute approximate surface area is 123 Å². The quantitative estimate of drug-likeness (QED) is 0.730. The molecule has 8 heteroatoms. The van der Waals surface area contributed by atoms with Gasteiger partial charge >= 0.3 is 5.69 Å². The Morgan fingerprint density at radius 1 is 1.57 bits per heavy atom. The van der Waals surface area contributed by atoms with Gasteiger partial charge in [-0.15, -0.1) is 0 Å². The molecule has 0 aliphatic carbocycles. The van der Waals surface area contributed by atoms with Gasteiger partial charge in [-0.3, -0.25) is 9.36 Å². The van der Waals surface area contributed by atoms with Gasteiger partial charge in [-0.05, 0) is 13.8 Å². The fourth-order valence-electron chi connectivity index (χ4n) is 2.52. The number of carbonyl (C=O) groups is 1. The molecular formula is C13H22N4O4. The van der Waals surface area contributed by atoms with Crippen molar-refractivity contribution in [1.29, 1.82) is 0 Å². The molecular weight excluding hydrogens is 276 g/mol. The number of morpholine rings is 1. The van der Waals surface area contributed by atoms with Gasteiger partial charge in [0.05, 0.1) is 18.3 Å². The van der Waals surface area contributed by atoms with E-state index in [9.17, 15) is 9.59 Å². The van der Waals surface area contributed by atoms with Crippen LogP contribution in [0.15, 0.2) is 11.1 Å². The molecule has 1 aliphatic heterocycles. The number of rotatable bonds is 4. The maximum atomic E-state index is 12.4. The molecule has 21 heavy (non-hydrogen) atoms. The van der Waals surface area contributed by atoms with E-state index in [0.717, 1.165) is 4.68 Å². The molecule has 0 radical (unpaired) electrons. The third kappa shape index (κ3) is 3.70. The normalized spacial score (nSPS) is 21.5. The van der Waals surface area contributed by atoms with E-state index in [0.29, 0.717) is 19.7 Å². The number of hydrogen-bond acceptors (Lipinski definition) is 5. The zero-order chi connectivity index (χ0) is 15.6. The number of aromatic nitrogens is 3. The Hall–Kier alpha value is -1.67. The summed E-state index contributed by atoms with van der Waals surface area (Å²) in [6, 6.07) is 0. The first-order valence-electron chi connectivity index (χ1n) is 6.85. The van der Waals surface area contributed by atoms with E-state index in [4.69, 9.17) is 9.47 Å². The van der Waals surface area contributed by atoms with Crippen molar-refractivity contribution in [3.8, 4) is 0 Å². The lowest BCUT2D eigenvalue weighted by Crippen LogP contribution is -2.56. The van der Waals surface area contributed by atoms with Crippen molar-refractivity contribution in [2.24, 2.45) is 7.05 Å². The van der Waals surface area contributed by atoms with Crippen molar-refractivity contribution >= 4 is 5.91 Å². The zero-order valence-corrected chi connectivity index (χ0v) is 12.9. The van der Waals surface area contributed by atoms with Gasteiger partial charge in [0.2, 0.25) is 5.91 Å². The minimum Gasteiger partial charge on any atom is -0.382 e. The number of nitrogens with zero attached hydrogens (tertiary/aromatic N) is 4. The van der Waals surface area contributed by atoms with Crippen LogP contribution >= 0.6 is 0 Å². The molecule has 1 aliphatic rings. The summed E-state index contributed by atoms with van der Waals surface area (Å²) >= 11 is 0. The fourth-order valence-corrected chi connectivity index (χ4v) is 2.52. The molecule has 8 nitrogen and oxygen atoms in total. The maximum absolute atomic E-state index is 12.4. The van der Waals surface area contributed by atoms with Crippen LogP contribution < -0.4 is 5.69 Å². The van der Waals surface area contributed by atoms with E-state index < -0.39 is 5.60 Å². The van der Waals surface area contributed by atoms with Crippen molar-refractivity contribution in [2.45, 2.75) is 32.1 Å². The van der Waals surface area contributed by atoms with Crippen LogP contribution in [-0.4, -0.2) is 63.7 Å². The highest BCUT2D eigenvalue weighted by molar-refractivity contribution is 5.76. The molecule has 1 amide bonds. The maximum Gasteiger partial charge on any atom is 0.345 e. The Morgan fingerprint density at radius 3 is 2.86 bits per heavy atom. The van der Waals surface area contributed by atoms with Crippen LogP contribution in [0, 0.1) is 0 Å². The van der Waals surface area contributed by atoms with Gasteiger partial charge in [0.15, 0.2) is 0 Å².